The molecule has 1 fully saturated rings. The van der Waals surface area contributed by atoms with E-state index in [1.54, 1.807) is 19.2 Å². The van der Waals surface area contributed by atoms with E-state index in [9.17, 15) is 4.79 Å². The lowest BCUT2D eigenvalue weighted by molar-refractivity contribution is 0.0942. The van der Waals surface area contributed by atoms with Gasteiger partial charge in [-0.1, -0.05) is 6.92 Å². The molecule has 2 aromatic rings. The van der Waals surface area contributed by atoms with Gasteiger partial charge in [0.05, 0.1) is 0 Å². The first-order valence-electron chi connectivity index (χ1n) is 9.88. The fraction of sp³-hybridized carbons (Fsp3) is 0.476. The number of aromatic nitrogens is 2. The van der Waals surface area contributed by atoms with Crippen molar-refractivity contribution in [3.63, 3.8) is 0 Å². The summed E-state index contributed by atoms with van der Waals surface area (Å²) < 4.78 is 4.96. The predicted octanol–water partition coefficient (Wildman–Crippen LogP) is 3.22. The van der Waals surface area contributed by atoms with E-state index in [1.165, 1.54) is 18.5 Å². The summed E-state index contributed by atoms with van der Waals surface area (Å²) >= 11 is 0. The van der Waals surface area contributed by atoms with Gasteiger partial charge in [0.2, 0.25) is 0 Å². The highest BCUT2D eigenvalue weighted by atomic mass is 16.5. The van der Waals surface area contributed by atoms with E-state index < -0.39 is 0 Å². The van der Waals surface area contributed by atoms with Crippen molar-refractivity contribution < 1.29 is 9.53 Å². The molecule has 1 aromatic carbocycles. The minimum Gasteiger partial charge on any atom is -0.385 e. The van der Waals surface area contributed by atoms with Crippen LogP contribution in [0.5, 0.6) is 0 Å². The van der Waals surface area contributed by atoms with Gasteiger partial charge >= 0.3 is 0 Å². The maximum atomic E-state index is 12.0. The number of benzene rings is 1. The molecule has 0 unspecified atom stereocenters. The largest absolute Gasteiger partial charge is 0.385 e. The Morgan fingerprint density at radius 3 is 2.54 bits per heavy atom. The SMILES string of the molecule is COCCCNC(=O)c1ccc(Nc2ccc(N3CCC(C)CC3)cc2)nn1. The average Bonchev–Trinajstić information content (AvgIpc) is 2.73. The second-order valence-corrected chi connectivity index (χ2v) is 7.25. The standard InChI is InChI=1S/C21H29N5O2/c1-16-10-13-26(14-11-16)18-6-4-17(5-7-18)23-20-9-8-19(24-25-20)21(27)22-12-3-15-28-2/h4-9,16H,3,10-15H2,1-2H3,(H,22,27)(H,23,25). The third-order valence-electron chi connectivity index (χ3n) is 5.00. The van der Waals surface area contributed by atoms with Gasteiger partial charge in [0.1, 0.15) is 0 Å². The number of carbonyl (C=O) groups excluding carboxylic acids is 1. The summed E-state index contributed by atoms with van der Waals surface area (Å²) in [5, 5.41) is 14.1. The van der Waals surface area contributed by atoms with Crippen molar-refractivity contribution in [1.82, 2.24) is 15.5 Å². The van der Waals surface area contributed by atoms with Crippen LogP contribution >= 0.6 is 0 Å². The third-order valence-corrected chi connectivity index (χ3v) is 5.00. The highest BCUT2D eigenvalue weighted by Gasteiger charge is 2.15. The summed E-state index contributed by atoms with van der Waals surface area (Å²) in [6, 6.07) is 11.8. The van der Waals surface area contributed by atoms with Crippen LogP contribution in [0.25, 0.3) is 0 Å². The fourth-order valence-electron chi connectivity index (χ4n) is 3.20. The van der Waals surface area contributed by atoms with Gasteiger partial charge in [0.25, 0.3) is 5.91 Å². The average molecular weight is 383 g/mol. The number of carbonyl (C=O) groups is 1. The molecule has 1 amide bonds. The van der Waals surface area contributed by atoms with Crippen LogP contribution < -0.4 is 15.5 Å². The minimum absolute atomic E-state index is 0.227. The summed E-state index contributed by atoms with van der Waals surface area (Å²) in [6.45, 7) is 5.73. The van der Waals surface area contributed by atoms with Gasteiger partial charge < -0.3 is 20.3 Å². The van der Waals surface area contributed by atoms with Crippen LogP contribution in [0.2, 0.25) is 0 Å². The highest BCUT2D eigenvalue weighted by molar-refractivity contribution is 5.92. The molecule has 0 bridgehead atoms. The molecule has 7 nitrogen and oxygen atoms in total. The Labute approximate surface area is 166 Å². The van der Waals surface area contributed by atoms with Crippen LogP contribution in [0.15, 0.2) is 36.4 Å². The van der Waals surface area contributed by atoms with E-state index >= 15 is 0 Å². The first kappa shape index (κ1) is 20.1. The summed E-state index contributed by atoms with van der Waals surface area (Å²) in [6.07, 6.45) is 3.27. The van der Waals surface area contributed by atoms with Gasteiger partial charge in [-0.3, -0.25) is 4.79 Å². The molecule has 3 rings (SSSR count). The summed E-state index contributed by atoms with van der Waals surface area (Å²) in [5.41, 5.74) is 2.50. The number of anilines is 3. The van der Waals surface area contributed by atoms with Crippen LogP contribution in [0.4, 0.5) is 17.2 Å². The molecule has 1 saturated heterocycles. The maximum absolute atomic E-state index is 12.0. The second kappa shape index (κ2) is 10.0. The number of rotatable bonds is 8. The summed E-state index contributed by atoms with van der Waals surface area (Å²) in [7, 11) is 1.64. The van der Waals surface area contributed by atoms with Crippen molar-refractivity contribution in [2.24, 2.45) is 5.92 Å². The number of methoxy groups -OCH3 is 1. The van der Waals surface area contributed by atoms with Gasteiger partial charge in [0.15, 0.2) is 11.5 Å². The first-order valence-corrected chi connectivity index (χ1v) is 9.88. The van der Waals surface area contributed by atoms with Crippen LogP contribution in [-0.2, 0) is 4.74 Å². The highest BCUT2D eigenvalue weighted by Crippen LogP contribution is 2.25. The van der Waals surface area contributed by atoms with E-state index in [1.807, 2.05) is 12.1 Å². The molecule has 0 aliphatic carbocycles. The molecule has 0 radical (unpaired) electrons. The zero-order valence-corrected chi connectivity index (χ0v) is 16.6. The van der Waals surface area contributed by atoms with E-state index in [0.29, 0.717) is 24.7 Å². The number of amides is 1. The fourth-order valence-corrected chi connectivity index (χ4v) is 3.20. The smallest absolute Gasteiger partial charge is 0.271 e. The Kier molecular flexibility index (Phi) is 7.19. The van der Waals surface area contributed by atoms with Crippen molar-refractivity contribution in [3.05, 3.63) is 42.1 Å². The van der Waals surface area contributed by atoms with Gasteiger partial charge in [0, 0.05) is 44.7 Å². The van der Waals surface area contributed by atoms with Gasteiger partial charge in [-0.2, -0.15) is 0 Å². The van der Waals surface area contributed by atoms with Crippen molar-refractivity contribution >= 4 is 23.1 Å². The van der Waals surface area contributed by atoms with Crippen molar-refractivity contribution in [2.45, 2.75) is 26.2 Å². The second-order valence-electron chi connectivity index (χ2n) is 7.25. The monoisotopic (exact) mass is 383 g/mol. The molecule has 150 valence electrons. The molecule has 7 heteroatoms. The number of piperidine rings is 1. The Morgan fingerprint density at radius 2 is 1.89 bits per heavy atom. The summed E-state index contributed by atoms with van der Waals surface area (Å²) in [5.74, 6) is 1.21. The molecule has 2 N–H and O–H groups in total. The molecular formula is C21H29N5O2. The molecule has 1 aliphatic heterocycles. The Hall–Kier alpha value is -2.67. The van der Waals surface area contributed by atoms with Crippen molar-refractivity contribution in [3.8, 4) is 0 Å². The van der Waals surface area contributed by atoms with E-state index in [-0.39, 0.29) is 5.91 Å². The van der Waals surface area contributed by atoms with Crippen LogP contribution in [0.1, 0.15) is 36.7 Å². The molecular weight excluding hydrogens is 354 g/mol. The molecule has 1 aliphatic rings. The summed E-state index contributed by atoms with van der Waals surface area (Å²) in [4.78, 5) is 14.4. The van der Waals surface area contributed by atoms with E-state index in [4.69, 9.17) is 4.74 Å². The van der Waals surface area contributed by atoms with Gasteiger partial charge in [-0.15, -0.1) is 10.2 Å². The van der Waals surface area contributed by atoms with Crippen molar-refractivity contribution in [2.75, 3.05) is 43.6 Å². The van der Waals surface area contributed by atoms with Crippen molar-refractivity contribution in [1.29, 1.82) is 0 Å². The number of nitrogens with zero attached hydrogens (tertiary/aromatic N) is 3. The molecule has 28 heavy (non-hydrogen) atoms. The van der Waals surface area contributed by atoms with Crippen LogP contribution in [-0.4, -0.2) is 49.5 Å². The predicted molar refractivity (Wildman–Crippen MR) is 111 cm³/mol. The topological polar surface area (TPSA) is 79.4 Å². The van der Waals surface area contributed by atoms with Gasteiger partial charge in [-0.05, 0) is 61.6 Å². The quantitative estimate of drug-likeness (QED) is 0.682. The number of nitrogens with one attached hydrogen (secondary N) is 2. The third kappa shape index (κ3) is 5.66. The zero-order valence-electron chi connectivity index (χ0n) is 16.6. The lowest BCUT2D eigenvalue weighted by Crippen LogP contribution is -2.32. The Morgan fingerprint density at radius 1 is 1.14 bits per heavy atom. The molecule has 0 saturated carbocycles. The molecule has 0 spiro atoms. The van der Waals surface area contributed by atoms with E-state index in [0.717, 1.165) is 31.1 Å². The van der Waals surface area contributed by atoms with E-state index in [2.05, 4.69) is 44.8 Å². The normalized spacial score (nSPS) is 14.7. The van der Waals surface area contributed by atoms with Crippen LogP contribution in [0, 0.1) is 5.92 Å². The molecule has 0 atom stereocenters. The lowest BCUT2D eigenvalue weighted by atomic mass is 9.99. The van der Waals surface area contributed by atoms with Crippen LogP contribution in [0.3, 0.4) is 0 Å². The molecule has 2 heterocycles. The first-order chi connectivity index (χ1) is 13.7. The maximum Gasteiger partial charge on any atom is 0.271 e. The zero-order chi connectivity index (χ0) is 19.8. The number of ether oxygens (including phenoxy) is 1. The van der Waals surface area contributed by atoms with Gasteiger partial charge in [-0.25, -0.2) is 0 Å². The number of hydrogen-bond acceptors (Lipinski definition) is 6. The Balaban J connectivity index is 1.51. The minimum atomic E-state index is -0.227. The number of hydrogen-bond donors (Lipinski definition) is 2. The molecule has 1 aromatic heterocycles. The lowest BCUT2D eigenvalue weighted by Gasteiger charge is -2.32. The Bertz CT molecular complexity index is 740.